The number of hydrogen-bond acceptors (Lipinski definition) is 22. The Morgan fingerprint density at radius 2 is 0.985 bits per heavy atom. The molecule has 0 saturated carbocycles. The van der Waals surface area contributed by atoms with E-state index in [0.29, 0.717) is 4.57 Å². The van der Waals surface area contributed by atoms with Crippen LogP contribution < -0.4 is 22.4 Å². The fraction of sp³-hybridized carbons (Fsp3) is 0.784. The summed E-state index contributed by atoms with van der Waals surface area (Å²) in [5.74, 6) is -0.00828. The highest BCUT2D eigenvalue weighted by Crippen LogP contribution is 2.67. The van der Waals surface area contributed by atoms with Gasteiger partial charge in [0.15, 0.2) is 18.3 Å². The molecule has 0 radical (unpaired) electrons. The molecule has 0 aliphatic carbocycles. The van der Waals surface area contributed by atoms with Crippen LogP contribution in [0.15, 0.2) is 38.9 Å². The third-order valence-corrected chi connectivity index (χ3v) is 14.6. The molecule has 0 spiro atoms. The summed E-state index contributed by atoms with van der Waals surface area (Å²) >= 11 is 0. The molecule has 4 heterocycles. The van der Waals surface area contributed by atoms with Gasteiger partial charge in [-0.1, -0.05) is 62.3 Å². The van der Waals surface area contributed by atoms with Gasteiger partial charge in [-0.05, 0) is 65.0 Å². The van der Waals surface area contributed by atoms with E-state index < -0.39 is 103 Å². The van der Waals surface area contributed by atoms with E-state index in [1.165, 1.54) is 72.1 Å². The number of nitrogens with zero attached hydrogens (tertiary/aromatic N) is 6. The minimum Gasteiger partial charge on any atom is -0.387 e. The SMILES string of the molecule is CCN(CC)CC.CCN(CC)CC.CCN(CC)CC.CONc1ccn([C@@H]2O[C@H](COP(=O)(O)OP(=O)(O)OP(=O)(O)OC[C@H]3O[C@@H](n4ccc(=O)[nH]c4=O)[C@H](O)[C@@H]3O)[C@@H](O)[C@H]2O)c(=O)n1. The van der Waals surface area contributed by atoms with Crippen molar-refractivity contribution in [2.45, 2.75) is 111 Å². The van der Waals surface area contributed by atoms with Crippen molar-refractivity contribution in [1.29, 1.82) is 0 Å². The predicted molar refractivity (Wildman–Crippen MR) is 246 cm³/mol. The number of aliphatic hydroxyl groups excluding tert-OH is 4. The molecule has 9 N–H and O–H groups in total. The Morgan fingerprint density at radius 3 is 1.31 bits per heavy atom. The van der Waals surface area contributed by atoms with E-state index in [9.17, 15) is 63.2 Å². The summed E-state index contributed by atoms with van der Waals surface area (Å²) in [4.78, 5) is 82.2. The van der Waals surface area contributed by atoms with Crippen molar-refractivity contribution < 1.29 is 80.8 Å². The summed E-state index contributed by atoms with van der Waals surface area (Å²) in [7, 11) is -16.1. The molecule has 0 aromatic carbocycles. The van der Waals surface area contributed by atoms with Gasteiger partial charge in [-0.3, -0.25) is 32.8 Å². The lowest BCUT2D eigenvalue weighted by Crippen LogP contribution is -2.37. The summed E-state index contributed by atoms with van der Waals surface area (Å²) in [6.45, 7) is 28.1. The van der Waals surface area contributed by atoms with Crippen LogP contribution in [0.3, 0.4) is 0 Å². The minimum atomic E-state index is -5.99. The van der Waals surface area contributed by atoms with Crippen LogP contribution in [0.25, 0.3) is 0 Å². The van der Waals surface area contributed by atoms with Crippen LogP contribution in [0.4, 0.5) is 5.82 Å². The first-order chi connectivity index (χ1) is 31.9. The lowest BCUT2D eigenvalue weighted by molar-refractivity contribution is -0.0548. The molecular weight excluding hydrogens is 969 g/mol. The number of nitrogens with one attached hydrogen (secondary N) is 2. The van der Waals surface area contributed by atoms with Gasteiger partial charge in [-0.2, -0.15) is 13.6 Å². The highest BCUT2D eigenvalue weighted by Gasteiger charge is 2.49. The number of ether oxygens (including phenoxy) is 2. The molecule has 11 atom stereocenters. The van der Waals surface area contributed by atoms with E-state index in [1.807, 2.05) is 4.98 Å². The highest BCUT2D eigenvalue weighted by molar-refractivity contribution is 7.66. The molecule has 4 rings (SSSR count). The van der Waals surface area contributed by atoms with Gasteiger partial charge in [-0.25, -0.2) is 28.8 Å². The van der Waals surface area contributed by atoms with E-state index in [0.717, 1.165) is 23.0 Å². The van der Waals surface area contributed by atoms with Crippen molar-refractivity contribution in [3.8, 4) is 0 Å². The average Bonchev–Trinajstić information content (AvgIpc) is 3.72. The van der Waals surface area contributed by atoms with Gasteiger partial charge in [-0.15, -0.1) is 0 Å². The summed E-state index contributed by atoms with van der Waals surface area (Å²) in [5, 5.41) is 41.0. The first-order valence-corrected chi connectivity index (χ1v) is 26.5. The number of aromatic amines is 1. The second kappa shape index (κ2) is 31.0. The molecule has 0 bridgehead atoms. The largest absolute Gasteiger partial charge is 0.490 e. The Balaban J connectivity index is 0.000000910. The maximum Gasteiger partial charge on any atom is 0.490 e. The van der Waals surface area contributed by atoms with E-state index in [2.05, 4.69) is 110 Å². The topological polar surface area (TPSA) is 369 Å². The molecule has 2 aromatic rings. The van der Waals surface area contributed by atoms with Crippen LogP contribution in [-0.2, 0) is 45.7 Å². The van der Waals surface area contributed by atoms with Crippen molar-refractivity contribution in [3.63, 3.8) is 0 Å². The molecule has 28 nitrogen and oxygen atoms in total. The maximum absolute atomic E-state index is 12.3. The molecule has 2 aliphatic rings. The normalized spacial score (nSPS) is 25.0. The fourth-order valence-corrected chi connectivity index (χ4v) is 9.78. The average molecular weight is 1040 g/mol. The molecule has 0 amide bonds. The summed E-state index contributed by atoms with van der Waals surface area (Å²) < 4.78 is 65.7. The van der Waals surface area contributed by atoms with Crippen LogP contribution >= 0.6 is 23.5 Å². The van der Waals surface area contributed by atoms with Gasteiger partial charge in [0.1, 0.15) is 36.6 Å². The lowest BCUT2D eigenvalue weighted by Gasteiger charge is -2.21. The van der Waals surface area contributed by atoms with E-state index >= 15 is 0 Å². The fourth-order valence-electron chi connectivity index (χ4n) is 6.26. The van der Waals surface area contributed by atoms with Crippen LogP contribution in [0.2, 0.25) is 0 Å². The van der Waals surface area contributed by atoms with Gasteiger partial charge < -0.3 is 59.3 Å². The number of hydrogen-bond donors (Lipinski definition) is 9. The molecule has 2 fully saturated rings. The number of H-pyrrole nitrogens is 1. The third kappa shape index (κ3) is 21.0. The van der Waals surface area contributed by atoms with Gasteiger partial charge >= 0.3 is 34.8 Å². The van der Waals surface area contributed by atoms with Gasteiger partial charge in [0.2, 0.25) is 0 Å². The molecular formula is C37H73N8O20P3. The molecule has 68 heavy (non-hydrogen) atoms. The molecule has 2 aromatic heterocycles. The zero-order valence-electron chi connectivity index (χ0n) is 40.2. The predicted octanol–water partition coefficient (Wildman–Crippen LogP) is 0.417. The maximum atomic E-state index is 12.3. The molecule has 396 valence electrons. The Labute approximate surface area is 395 Å². The highest BCUT2D eigenvalue weighted by atomic mass is 31.3. The van der Waals surface area contributed by atoms with Gasteiger partial charge in [0.25, 0.3) is 5.56 Å². The Bertz CT molecular complexity index is 2030. The number of rotatable bonds is 23. The van der Waals surface area contributed by atoms with Crippen molar-refractivity contribution in [1.82, 2.24) is 33.8 Å². The van der Waals surface area contributed by atoms with Crippen LogP contribution in [0, 0.1) is 0 Å². The Hall–Kier alpha value is -2.63. The van der Waals surface area contributed by atoms with Crippen LogP contribution in [-0.4, -0.2) is 185 Å². The van der Waals surface area contributed by atoms with E-state index in [-0.39, 0.29) is 5.82 Å². The molecule has 2 saturated heterocycles. The summed E-state index contributed by atoms with van der Waals surface area (Å²) in [5.41, 5.74) is -0.497. The monoisotopic (exact) mass is 1040 g/mol. The molecule has 3 unspecified atom stereocenters. The standard InChI is InChI=1S/C19H28N5O20P3.3C6H15N/c1-38-22-10-2-4-23(18(30)20-10)16-14(28)12(26)8(41-16)6-39-45(32,33)43-47(36,37)44-46(34,35)40-7-9-13(27)15(29)17(42-9)24-5-3-11(25)21-19(24)31;3*1-4-7(5-2)6-3/h2-5,8-9,12-17,26-29H,6-7H2,1H3,(H,32,33)(H,34,35)(H,36,37)(H,20,22,30)(H,21,25,31);3*4-6H2,1-3H3/t8-,9-,12-,13-,14-,15-,16-,17-;;;/m1.../s1. The van der Waals surface area contributed by atoms with Crippen molar-refractivity contribution in [2.24, 2.45) is 0 Å². The number of aromatic nitrogens is 4. The lowest BCUT2D eigenvalue weighted by atomic mass is 10.1. The third-order valence-electron chi connectivity index (χ3n) is 10.4. The van der Waals surface area contributed by atoms with Crippen molar-refractivity contribution >= 4 is 29.3 Å². The van der Waals surface area contributed by atoms with Crippen LogP contribution in [0.5, 0.6) is 0 Å². The van der Waals surface area contributed by atoms with Crippen molar-refractivity contribution in [3.05, 3.63) is 55.8 Å². The number of phosphoric ester groups is 2. The number of phosphoric acid groups is 3. The zero-order valence-corrected chi connectivity index (χ0v) is 42.9. The Morgan fingerprint density at radius 1 is 0.618 bits per heavy atom. The van der Waals surface area contributed by atoms with Crippen molar-refractivity contribution in [2.75, 3.05) is 84.7 Å². The summed E-state index contributed by atoms with van der Waals surface area (Å²) in [6.07, 6.45) is -11.8. The number of anilines is 1. The van der Waals surface area contributed by atoms with Gasteiger partial charge in [0, 0.05) is 18.5 Å². The number of aliphatic hydroxyl groups is 4. The Kier molecular flexibility index (Phi) is 28.9. The zero-order chi connectivity index (χ0) is 52.0. The first kappa shape index (κ1) is 63.4. The molecule has 2 aliphatic heterocycles. The van der Waals surface area contributed by atoms with E-state index in [4.69, 9.17) is 9.47 Å². The minimum absolute atomic E-state index is 0.00828. The van der Waals surface area contributed by atoms with Gasteiger partial charge in [0.05, 0.1) is 20.3 Å². The summed E-state index contributed by atoms with van der Waals surface area (Å²) in [6, 6.07) is 2.15. The van der Waals surface area contributed by atoms with Crippen LogP contribution in [0.1, 0.15) is 74.8 Å². The molecule has 31 heteroatoms. The quantitative estimate of drug-likeness (QED) is 0.0538. The first-order valence-electron chi connectivity index (χ1n) is 22.0. The van der Waals surface area contributed by atoms with E-state index in [1.54, 1.807) is 0 Å². The second-order valence-corrected chi connectivity index (χ2v) is 19.1. The second-order valence-electron chi connectivity index (χ2n) is 14.4. The smallest absolute Gasteiger partial charge is 0.387 e.